The summed E-state index contributed by atoms with van der Waals surface area (Å²) in [6, 6.07) is 4.05. The number of hydrogen-bond acceptors (Lipinski definition) is 13. The Balaban J connectivity index is 1.95. The summed E-state index contributed by atoms with van der Waals surface area (Å²) >= 11 is 11.8. The number of thiocarbonyl (C=S) groups is 2. The van der Waals surface area contributed by atoms with Crippen LogP contribution in [0.5, 0.6) is 0 Å². The van der Waals surface area contributed by atoms with Crippen LogP contribution in [0.3, 0.4) is 0 Å². The molecule has 0 aliphatic heterocycles. The fourth-order valence-corrected chi connectivity index (χ4v) is 19.7. The van der Waals surface area contributed by atoms with E-state index in [0.717, 1.165) is 0 Å². The van der Waals surface area contributed by atoms with E-state index in [1.165, 1.54) is 26.7 Å². The molecular formula is C39H61N5O8S2Si2. The maximum Gasteiger partial charge on any atom is 0.360 e. The van der Waals surface area contributed by atoms with E-state index in [1.807, 2.05) is 0 Å². The Morgan fingerprint density at radius 1 is 0.589 bits per heavy atom. The van der Waals surface area contributed by atoms with Gasteiger partial charge in [-0.3, -0.25) is 0 Å². The largest absolute Gasteiger partial charge is 0.464 e. The number of aromatic nitrogens is 3. The van der Waals surface area contributed by atoms with Crippen LogP contribution in [0.2, 0.25) is 33.2 Å². The van der Waals surface area contributed by atoms with Crippen molar-refractivity contribution in [1.82, 2.24) is 25.6 Å². The van der Waals surface area contributed by atoms with Gasteiger partial charge in [0.1, 0.15) is 34.6 Å². The molecule has 3 heterocycles. The summed E-state index contributed by atoms with van der Waals surface area (Å²) in [7, 11) is -2.07. The van der Waals surface area contributed by atoms with Gasteiger partial charge in [0.25, 0.3) is 0 Å². The molecule has 0 radical (unpaired) electrons. The van der Waals surface area contributed by atoms with Gasteiger partial charge in [0, 0.05) is 0 Å². The number of pyridine rings is 1. The van der Waals surface area contributed by atoms with Crippen molar-refractivity contribution >= 4 is 63.0 Å². The quantitative estimate of drug-likeness (QED) is 0.0629. The fraction of sp³-hybridized carbons (Fsp3) is 0.615. The maximum atomic E-state index is 12.3. The SMILES string of the molecule is COC(=O)c1coc(C(CO[Si](C(C)C)(C(C)C)C(C)C)NC(=S)c2cccc(C(=S)NC(CO[Si](C(C)C)(C(C)C)C(C)C)c3nc(C(=O)OC)co3)n2)n1. The minimum atomic E-state index is -2.32. The summed E-state index contributed by atoms with van der Waals surface area (Å²) < 4.78 is 35.2. The number of ether oxygens (including phenoxy) is 2. The van der Waals surface area contributed by atoms with Crippen molar-refractivity contribution in [2.75, 3.05) is 27.4 Å². The Labute approximate surface area is 345 Å². The number of nitrogens with zero attached hydrogens (tertiary/aromatic N) is 3. The van der Waals surface area contributed by atoms with E-state index in [4.69, 9.17) is 56.6 Å². The molecule has 0 aliphatic rings. The van der Waals surface area contributed by atoms with Gasteiger partial charge in [0.2, 0.25) is 11.8 Å². The third-order valence-electron chi connectivity index (χ3n) is 10.7. The topological polar surface area (TPSA) is 160 Å². The third-order valence-corrected chi connectivity index (χ3v) is 23.5. The lowest BCUT2D eigenvalue weighted by atomic mass is 10.2. The summed E-state index contributed by atoms with van der Waals surface area (Å²) in [5.41, 5.74) is 2.92. The van der Waals surface area contributed by atoms with Gasteiger partial charge >= 0.3 is 11.9 Å². The molecule has 0 aromatic carbocycles. The van der Waals surface area contributed by atoms with E-state index < -0.39 is 40.7 Å². The molecule has 13 nitrogen and oxygen atoms in total. The van der Waals surface area contributed by atoms with E-state index in [-0.39, 0.29) is 36.4 Å². The molecule has 3 aromatic rings. The highest BCUT2D eigenvalue weighted by molar-refractivity contribution is 7.81. The number of rotatable bonds is 20. The molecule has 0 aliphatic carbocycles. The number of hydrogen-bond donors (Lipinski definition) is 2. The summed E-state index contributed by atoms with van der Waals surface area (Å²) in [6.07, 6.45) is 2.52. The Bertz CT molecular complexity index is 1630. The van der Waals surface area contributed by atoms with Gasteiger partial charge in [0.05, 0.1) is 38.8 Å². The minimum absolute atomic E-state index is 0.0372. The summed E-state index contributed by atoms with van der Waals surface area (Å²) in [5.74, 6) is -0.782. The van der Waals surface area contributed by atoms with Crippen LogP contribution in [-0.4, -0.2) is 80.9 Å². The van der Waals surface area contributed by atoms with Crippen LogP contribution in [0.4, 0.5) is 0 Å². The van der Waals surface area contributed by atoms with Crippen LogP contribution in [0.15, 0.2) is 39.6 Å². The van der Waals surface area contributed by atoms with Crippen molar-refractivity contribution in [2.24, 2.45) is 0 Å². The summed E-state index contributed by atoms with van der Waals surface area (Å²) in [6.45, 7) is 26.9. The van der Waals surface area contributed by atoms with Gasteiger partial charge in [-0.15, -0.1) is 0 Å². The molecule has 2 N–H and O–H groups in total. The lowest BCUT2D eigenvalue weighted by Crippen LogP contribution is -2.49. The van der Waals surface area contributed by atoms with Gasteiger partial charge in [-0.05, 0) is 45.4 Å². The second-order valence-corrected chi connectivity index (χ2v) is 27.6. The van der Waals surface area contributed by atoms with Crippen molar-refractivity contribution in [3.8, 4) is 0 Å². The highest BCUT2D eigenvalue weighted by Crippen LogP contribution is 2.44. The lowest BCUT2D eigenvalue weighted by molar-refractivity contribution is 0.0585. The first-order chi connectivity index (χ1) is 26.3. The lowest BCUT2D eigenvalue weighted by Gasteiger charge is -2.42. The van der Waals surface area contributed by atoms with Crippen LogP contribution in [0.1, 0.15) is 139 Å². The van der Waals surface area contributed by atoms with Gasteiger partial charge < -0.3 is 37.8 Å². The third kappa shape index (κ3) is 10.6. The van der Waals surface area contributed by atoms with Crippen LogP contribution in [-0.2, 0) is 18.3 Å². The molecule has 3 rings (SSSR count). The number of carbonyl (C=O) groups is 2. The smallest absolute Gasteiger partial charge is 0.360 e. The van der Waals surface area contributed by atoms with Crippen LogP contribution >= 0.6 is 24.4 Å². The average molecular weight is 848 g/mol. The number of esters is 2. The second kappa shape index (κ2) is 20.4. The molecule has 310 valence electrons. The normalized spacial score (nSPS) is 13.5. The van der Waals surface area contributed by atoms with Crippen molar-refractivity contribution < 1.29 is 36.7 Å². The molecule has 56 heavy (non-hydrogen) atoms. The van der Waals surface area contributed by atoms with Gasteiger partial charge in [0.15, 0.2) is 28.0 Å². The van der Waals surface area contributed by atoms with Crippen LogP contribution in [0, 0.1) is 0 Å². The standard InChI is InChI=1S/C39H61N5O8S2Si2/c1-22(2)55(23(3)4,24(5)6)51-20-30(34-41-32(18-49-34)38(45)47-13)43-36(53)28-16-15-17-29(40-28)37(54)44-31(35-42-33(19-50-35)39(46)48-14)21-52-56(25(7)8,26(9)10)27(11)12/h15-19,22-27,30-31H,20-21H2,1-14H3,(H,43,53)(H,44,54). The zero-order valence-corrected chi connectivity index (χ0v) is 39.0. The molecule has 2 unspecified atom stereocenters. The van der Waals surface area contributed by atoms with Crippen molar-refractivity contribution in [1.29, 1.82) is 0 Å². The van der Waals surface area contributed by atoms with E-state index in [0.29, 0.717) is 54.6 Å². The van der Waals surface area contributed by atoms with E-state index in [2.05, 4.69) is 104 Å². The van der Waals surface area contributed by atoms with Gasteiger partial charge in [-0.2, -0.15) is 0 Å². The molecule has 17 heteroatoms. The number of carbonyl (C=O) groups excluding carboxylic acids is 2. The first-order valence-corrected chi connectivity index (χ1v) is 24.3. The summed E-state index contributed by atoms with van der Waals surface area (Å²) in [5, 5.41) is 6.68. The predicted molar refractivity (Wildman–Crippen MR) is 229 cm³/mol. The second-order valence-electron chi connectivity index (χ2n) is 15.8. The Kier molecular flexibility index (Phi) is 17.1. The van der Waals surface area contributed by atoms with Crippen molar-refractivity contribution in [3.05, 3.63) is 65.3 Å². The van der Waals surface area contributed by atoms with E-state index in [9.17, 15) is 9.59 Å². The van der Waals surface area contributed by atoms with Crippen LogP contribution in [0.25, 0.3) is 0 Å². The number of oxazole rings is 2. The highest BCUT2D eigenvalue weighted by atomic mass is 32.1. The minimum Gasteiger partial charge on any atom is -0.464 e. The molecule has 0 spiro atoms. The molecule has 0 bridgehead atoms. The van der Waals surface area contributed by atoms with Crippen LogP contribution < -0.4 is 10.6 Å². The molecule has 0 amide bonds. The number of nitrogens with one attached hydrogen (secondary N) is 2. The monoisotopic (exact) mass is 847 g/mol. The molecule has 0 saturated carbocycles. The molecule has 3 aromatic heterocycles. The fourth-order valence-electron chi connectivity index (χ4n) is 8.25. The van der Waals surface area contributed by atoms with Gasteiger partial charge in [-0.25, -0.2) is 24.5 Å². The van der Waals surface area contributed by atoms with E-state index in [1.54, 1.807) is 18.2 Å². The Morgan fingerprint density at radius 2 is 0.911 bits per heavy atom. The van der Waals surface area contributed by atoms with Crippen molar-refractivity contribution in [2.45, 2.75) is 128 Å². The van der Waals surface area contributed by atoms with E-state index >= 15 is 0 Å². The zero-order chi connectivity index (χ0) is 42.1. The molecular weight excluding hydrogens is 787 g/mol. The first kappa shape index (κ1) is 47.0. The maximum absolute atomic E-state index is 12.3. The Morgan fingerprint density at radius 3 is 1.20 bits per heavy atom. The highest BCUT2D eigenvalue weighted by Gasteiger charge is 2.47. The molecule has 0 fully saturated rings. The average Bonchev–Trinajstić information content (AvgIpc) is 3.84. The zero-order valence-electron chi connectivity index (χ0n) is 35.3. The van der Waals surface area contributed by atoms with Crippen molar-refractivity contribution in [3.63, 3.8) is 0 Å². The van der Waals surface area contributed by atoms with Gasteiger partial charge in [-0.1, -0.05) is 114 Å². The first-order valence-electron chi connectivity index (χ1n) is 19.2. The Hall–Kier alpha value is -3.36. The number of methoxy groups -OCH3 is 2. The molecule has 0 saturated heterocycles. The predicted octanol–water partition coefficient (Wildman–Crippen LogP) is 9.03. The molecule has 2 atom stereocenters. The summed E-state index contributed by atoms with van der Waals surface area (Å²) in [4.78, 5) is 38.8.